The van der Waals surface area contributed by atoms with Gasteiger partial charge in [-0.25, -0.2) is 9.59 Å². The lowest BCUT2D eigenvalue weighted by atomic mass is 10.2. The fourth-order valence-electron chi connectivity index (χ4n) is 1.90. The van der Waals surface area contributed by atoms with E-state index in [1.165, 1.54) is 12.1 Å². The summed E-state index contributed by atoms with van der Waals surface area (Å²) in [5, 5.41) is 18.7. The number of aliphatic hydroxyl groups is 1. The summed E-state index contributed by atoms with van der Waals surface area (Å²) in [6.45, 7) is 0.280. The van der Waals surface area contributed by atoms with Gasteiger partial charge >= 0.3 is 11.6 Å². The summed E-state index contributed by atoms with van der Waals surface area (Å²) >= 11 is 0. The number of ether oxygens (including phenoxy) is 1. The van der Waals surface area contributed by atoms with Gasteiger partial charge in [-0.3, -0.25) is 0 Å². The largest absolute Gasteiger partial charge is 0.504 e. The Morgan fingerprint density at radius 1 is 1.24 bits per heavy atom. The van der Waals surface area contributed by atoms with E-state index in [2.05, 4.69) is 0 Å². The Morgan fingerprint density at radius 2 is 2.05 bits per heavy atom. The third kappa shape index (κ3) is 3.61. The number of hydrogen-bond donors (Lipinski definition) is 2. The van der Waals surface area contributed by atoms with Gasteiger partial charge < -0.3 is 19.4 Å². The Bertz CT molecular complexity index is 688. The van der Waals surface area contributed by atoms with Crippen molar-refractivity contribution in [3.8, 4) is 5.75 Å². The fourth-order valence-corrected chi connectivity index (χ4v) is 1.90. The first kappa shape index (κ1) is 15.1. The van der Waals surface area contributed by atoms with Crippen LogP contribution in [0.5, 0.6) is 5.75 Å². The van der Waals surface area contributed by atoms with Gasteiger partial charge in [0.2, 0.25) is 0 Å². The molecule has 0 saturated heterocycles. The van der Waals surface area contributed by atoms with Gasteiger partial charge in [0.15, 0.2) is 11.3 Å². The van der Waals surface area contributed by atoms with E-state index in [1.54, 1.807) is 12.1 Å². The van der Waals surface area contributed by atoms with Crippen LogP contribution in [-0.4, -0.2) is 29.4 Å². The lowest BCUT2D eigenvalue weighted by Gasteiger charge is -2.05. The number of unbranched alkanes of at least 4 members (excludes halogenated alkanes) is 2. The topological polar surface area (TPSA) is 97.0 Å². The lowest BCUT2D eigenvalue weighted by Crippen LogP contribution is -2.17. The SMILES string of the molecule is O=C(OCCCCCO)c1cc2cccc(O)c2oc1=O. The van der Waals surface area contributed by atoms with Crippen LogP contribution in [0.25, 0.3) is 11.0 Å². The van der Waals surface area contributed by atoms with Crippen LogP contribution >= 0.6 is 0 Å². The standard InChI is InChI=1S/C15H16O6/c16-7-2-1-3-8-20-14(18)11-9-10-5-4-6-12(17)13(10)21-15(11)19/h4-6,9,16-17H,1-3,7-8H2. The zero-order chi connectivity index (χ0) is 15.2. The number of carbonyl (C=O) groups excluding carboxylic acids is 1. The van der Waals surface area contributed by atoms with E-state index in [0.29, 0.717) is 18.2 Å². The maximum absolute atomic E-state index is 11.8. The number of fused-ring (bicyclic) bond motifs is 1. The predicted octanol–water partition coefficient (Wildman–Crippen LogP) is 1.82. The second-order valence-corrected chi connectivity index (χ2v) is 4.56. The number of phenols is 1. The van der Waals surface area contributed by atoms with E-state index in [1.807, 2.05) is 0 Å². The third-order valence-electron chi connectivity index (χ3n) is 2.99. The molecule has 2 N–H and O–H groups in total. The molecule has 0 spiro atoms. The first-order valence-corrected chi connectivity index (χ1v) is 6.67. The third-order valence-corrected chi connectivity index (χ3v) is 2.99. The molecule has 6 heteroatoms. The molecule has 21 heavy (non-hydrogen) atoms. The van der Waals surface area contributed by atoms with Crippen LogP contribution in [0, 0.1) is 0 Å². The number of aliphatic hydroxyl groups excluding tert-OH is 1. The van der Waals surface area contributed by atoms with Crippen LogP contribution < -0.4 is 5.63 Å². The van der Waals surface area contributed by atoms with Crippen molar-refractivity contribution >= 4 is 16.9 Å². The normalized spacial score (nSPS) is 10.7. The molecule has 1 aromatic heterocycles. The van der Waals surface area contributed by atoms with E-state index in [0.717, 1.165) is 6.42 Å². The number of esters is 1. The molecule has 0 radical (unpaired) electrons. The van der Waals surface area contributed by atoms with Crippen LogP contribution in [0.1, 0.15) is 29.6 Å². The summed E-state index contributed by atoms with van der Waals surface area (Å²) < 4.78 is 9.94. The second kappa shape index (κ2) is 6.90. The Labute approximate surface area is 120 Å². The highest BCUT2D eigenvalue weighted by atomic mass is 16.5. The smallest absolute Gasteiger partial charge is 0.351 e. The number of carbonyl (C=O) groups is 1. The van der Waals surface area contributed by atoms with E-state index >= 15 is 0 Å². The van der Waals surface area contributed by atoms with Crippen molar-refractivity contribution in [2.24, 2.45) is 0 Å². The molecule has 1 aromatic carbocycles. The molecule has 0 aliphatic heterocycles. The minimum absolute atomic E-state index is 0.0435. The van der Waals surface area contributed by atoms with Crippen molar-refractivity contribution in [2.45, 2.75) is 19.3 Å². The molecular weight excluding hydrogens is 276 g/mol. The van der Waals surface area contributed by atoms with Crippen molar-refractivity contribution in [3.63, 3.8) is 0 Å². The Morgan fingerprint density at radius 3 is 2.81 bits per heavy atom. The molecule has 0 amide bonds. The van der Waals surface area contributed by atoms with Gasteiger partial charge in [-0.15, -0.1) is 0 Å². The minimum atomic E-state index is -0.843. The summed E-state index contributed by atoms with van der Waals surface area (Å²) in [6.07, 6.45) is 2.00. The zero-order valence-corrected chi connectivity index (χ0v) is 11.4. The maximum Gasteiger partial charge on any atom is 0.351 e. The predicted molar refractivity (Wildman–Crippen MR) is 75.4 cm³/mol. The van der Waals surface area contributed by atoms with Crippen molar-refractivity contribution in [3.05, 3.63) is 40.2 Å². The van der Waals surface area contributed by atoms with Crippen LogP contribution in [0.2, 0.25) is 0 Å². The van der Waals surface area contributed by atoms with Crippen LogP contribution in [0.15, 0.2) is 33.5 Å². The van der Waals surface area contributed by atoms with Gasteiger partial charge in [-0.05, 0) is 31.4 Å². The average molecular weight is 292 g/mol. The first-order chi connectivity index (χ1) is 10.1. The Hall–Kier alpha value is -2.34. The molecule has 0 unspecified atom stereocenters. The van der Waals surface area contributed by atoms with Gasteiger partial charge in [0, 0.05) is 12.0 Å². The van der Waals surface area contributed by atoms with Crippen LogP contribution in [-0.2, 0) is 4.74 Å². The molecule has 0 aliphatic carbocycles. The van der Waals surface area contributed by atoms with E-state index in [-0.39, 0.29) is 30.1 Å². The number of benzene rings is 1. The van der Waals surface area contributed by atoms with Crippen molar-refractivity contribution in [1.29, 1.82) is 0 Å². The van der Waals surface area contributed by atoms with Gasteiger partial charge in [0.1, 0.15) is 5.56 Å². The first-order valence-electron chi connectivity index (χ1n) is 6.67. The number of rotatable bonds is 6. The van der Waals surface area contributed by atoms with Gasteiger partial charge in [0.25, 0.3) is 0 Å². The molecule has 0 saturated carbocycles. The highest BCUT2D eigenvalue weighted by Gasteiger charge is 2.16. The minimum Gasteiger partial charge on any atom is -0.504 e. The summed E-state index contributed by atoms with van der Waals surface area (Å²) in [6, 6.07) is 5.94. The number of hydrogen-bond acceptors (Lipinski definition) is 6. The lowest BCUT2D eigenvalue weighted by molar-refractivity contribution is 0.0492. The molecule has 0 bridgehead atoms. The van der Waals surface area contributed by atoms with Crippen LogP contribution in [0.3, 0.4) is 0 Å². The van der Waals surface area contributed by atoms with Crippen molar-refractivity contribution in [2.75, 3.05) is 13.2 Å². The second-order valence-electron chi connectivity index (χ2n) is 4.56. The van der Waals surface area contributed by atoms with E-state index in [4.69, 9.17) is 14.3 Å². The highest BCUT2D eigenvalue weighted by molar-refractivity contribution is 5.93. The molecule has 2 aromatic rings. The zero-order valence-electron chi connectivity index (χ0n) is 11.4. The summed E-state index contributed by atoms with van der Waals surface area (Å²) in [4.78, 5) is 23.6. The molecule has 0 fully saturated rings. The molecule has 1 heterocycles. The van der Waals surface area contributed by atoms with Gasteiger partial charge in [-0.1, -0.05) is 12.1 Å². The van der Waals surface area contributed by atoms with E-state index < -0.39 is 11.6 Å². The molecular formula is C15H16O6. The van der Waals surface area contributed by atoms with E-state index in [9.17, 15) is 14.7 Å². The monoisotopic (exact) mass is 292 g/mol. The summed E-state index contributed by atoms with van der Waals surface area (Å²) in [5.41, 5.74) is -0.999. The Kier molecular flexibility index (Phi) is 4.94. The molecule has 0 atom stereocenters. The fraction of sp³-hybridized carbons (Fsp3) is 0.333. The van der Waals surface area contributed by atoms with Gasteiger partial charge in [0.05, 0.1) is 6.61 Å². The number of para-hydroxylation sites is 1. The summed E-state index contributed by atoms with van der Waals surface area (Å²) in [5.74, 6) is -0.911. The van der Waals surface area contributed by atoms with Crippen molar-refractivity contribution < 1.29 is 24.2 Å². The summed E-state index contributed by atoms with van der Waals surface area (Å²) in [7, 11) is 0. The Balaban J connectivity index is 2.12. The molecule has 0 aliphatic rings. The number of phenolic OH excluding ortho intramolecular Hbond substituents is 1. The van der Waals surface area contributed by atoms with Gasteiger partial charge in [-0.2, -0.15) is 0 Å². The number of aromatic hydroxyl groups is 1. The van der Waals surface area contributed by atoms with Crippen LogP contribution in [0.4, 0.5) is 0 Å². The quantitative estimate of drug-likeness (QED) is 0.479. The molecule has 112 valence electrons. The highest BCUT2D eigenvalue weighted by Crippen LogP contribution is 2.23. The average Bonchev–Trinajstić information content (AvgIpc) is 2.47. The maximum atomic E-state index is 11.8. The van der Waals surface area contributed by atoms with Crippen molar-refractivity contribution in [1.82, 2.24) is 0 Å². The molecule has 2 rings (SSSR count). The molecule has 6 nitrogen and oxygen atoms in total.